The molecule has 1 heterocycles. The fourth-order valence-electron chi connectivity index (χ4n) is 0.960. The first-order valence-electron chi connectivity index (χ1n) is 4.37. The van der Waals surface area contributed by atoms with Gasteiger partial charge in [-0.05, 0) is 13.8 Å². The van der Waals surface area contributed by atoms with Crippen molar-refractivity contribution in [2.75, 3.05) is 7.11 Å². The van der Waals surface area contributed by atoms with Gasteiger partial charge in [0.2, 0.25) is 0 Å². The Hall–Kier alpha value is -0.450. The largest absolute Gasteiger partial charge is 0.380 e. The number of ether oxygens (including phenoxy) is 1. The van der Waals surface area contributed by atoms with E-state index in [1.54, 1.807) is 18.4 Å². The predicted octanol–water partition coefficient (Wildman–Crippen LogP) is 1.66. The maximum absolute atomic E-state index is 5.20. The van der Waals surface area contributed by atoms with Crippen LogP contribution in [0.2, 0.25) is 0 Å². The molecule has 1 aromatic rings. The molecule has 13 heavy (non-hydrogen) atoms. The Morgan fingerprint density at radius 1 is 1.62 bits per heavy atom. The third-order valence-electron chi connectivity index (χ3n) is 2.16. The molecule has 0 radical (unpaired) electrons. The van der Waals surface area contributed by atoms with Crippen molar-refractivity contribution in [3.63, 3.8) is 0 Å². The van der Waals surface area contributed by atoms with Crippen LogP contribution < -0.4 is 5.32 Å². The molecule has 0 aliphatic heterocycles. The monoisotopic (exact) mass is 200 g/mol. The molecule has 2 unspecified atom stereocenters. The Bertz CT molecular complexity index is 226. The molecule has 0 saturated heterocycles. The van der Waals surface area contributed by atoms with Crippen molar-refractivity contribution in [1.82, 2.24) is 10.3 Å². The molecule has 0 aromatic carbocycles. The summed E-state index contributed by atoms with van der Waals surface area (Å²) in [4.78, 5) is 4.19. The minimum atomic E-state index is 0.235. The van der Waals surface area contributed by atoms with Gasteiger partial charge in [-0.25, -0.2) is 4.98 Å². The summed E-state index contributed by atoms with van der Waals surface area (Å²) in [6.07, 6.45) is 0.235. The lowest BCUT2D eigenvalue weighted by Gasteiger charge is -2.19. The van der Waals surface area contributed by atoms with E-state index in [0.29, 0.717) is 6.04 Å². The van der Waals surface area contributed by atoms with E-state index in [4.69, 9.17) is 4.74 Å². The van der Waals surface area contributed by atoms with Crippen molar-refractivity contribution in [1.29, 1.82) is 0 Å². The molecule has 1 rings (SSSR count). The van der Waals surface area contributed by atoms with Crippen LogP contribution in [0.1, 0.15) is 19.5 Å². The van der Waals surface area contributed by atoms with Gasteiger partial charge < -0.3 is 10.1 Å². The molecular formula is C9H16N2OS. The van der Waals surface area contributed by atoms with Crippen molar-refractivity contribution in [3.05, 3.63) is 16.6 Å². The molecule has 0 amide bonds. The predicted molar refractivity (Wildman–Crippen MR) is 54.9 cm³/mol. The normalized spacial score (nSPS) is 15.6. The van der Waals surface area contributed by atoms with Crippen molar-refractivity contribution < 1.29 is 4.74 Å². The summed E-state index contributed by atoms with van der Waals surface area (Å²) < 4.78 is 5.20. The molecule has 1 aromatic heterocycles. The quantitative estimate of drug-likeness (QED) is 0.785. The fourth-order valence-corrected chi connectivity index (χ4v) is 1.52. The van der Waals surface area contributed by atoms with E-state index in [-0.39, 0.29) is 6.10 Å². The first kappa shape index (κ1) is 10.6. The van der Waals surface area contributed by atoms with Crippen LogP contribution in [0.3, 0.4) is 0 Å². The van der Waals surface area contributed by atoms with Gasteiger partial charge in [-0.1, -0.05) is 0 Å². The SMILES string of the molecule is COC(C)C(C)NCc1cscn1. The van der Waals surface area contributed by atoms with Gasteiger partial charge in [-0.15, -0.1) is 11.3 Å². The number of aromatic nitrogens is 1. The number of rotatable bonds is 5. The standard InChI is InChI=1S/C9H16N2OS/c1-7(8(2)12-3)10-4-9-5-13-6-11-9/h5-8,10H,4H2,1-3H3. The first-order chi connectivity index (χ1) is 6.24. The zero-order chi connectivity index (χ0) is 9.68. The maximum Gasteiger partial charge on any atom is 0.0795 e. The molecular weight excluding hydrogens is 184 g/mol. The number of nitrogens with zero attached hydrogens (tertiary/aromatic N) is 1. The van der Waals surface area contributed by atoms with Gasteiger partial charge in [-0.2, -0.15) is 0 Å². The molecule has 0 saturated carbocycles. The van der Waals surface area contributed by atoms with E-state index >= 15 is 0 Å². The van der Waals surface area contributed by atoms with Crippen LogP contribution in [0, 0.1) is 0 Å². The third kappa shape index (κ3) is 3.42. The summed E-state index contributed by atoms with van der Waals surface area (Å²) in [6.45, 7) is 4.98. The second kappa shape index (κ2) is 5.32. The lowest BCUT2D eigenvalue weighted by Crippen LogP contribution is -2.36. The van der Waals surface area contributed by atoms with Gasteiger partial charge >= 0.3 is 0 Å². The van der Waals surface area contributed by atoms with E-state index in [1.165, 1.54) is 0 Å². The molecule has 4 heteroatoms. The number of hydrogen-bond acceptors (Lipinski definition) is 4. The van der Waals surface area contributed by atoms with E-state index < -0.39 is 0 Å². The van der Waals surface area contributed by atoms with Crippen LogP contribution in [0.15, 0.2) is 10.9 Å². The second-order valence-electron chi connectivity index (χ2n) is 3.09. The molecule has 0 spiro atoms. The number of thiazole rings is 1. The molecule has 0 bridgehead atoms. The molecule has 2 atom stereocenters. The highest BCUT2D eigenvalue weighted by Crippen LogP contribution is 2.02. The van der Waals surface area contributed by atoms with E-state index in [0.717, 1.165) is 12.2 Å². The Morgan fingerprint density at radius 2 is 2.38 bits per heavy atom. The Morgan fingerprint density at radius 3 is 2.92 bits per heavy atom. The lowest BCUT2D eigenvalue weighted by atomic mass is 10.2. The minimum absolute atomic E-state index is 0.235. The molecule has 0 aliphatic rings. The summed E-state index contributed by atoms with van der Waals surface area (Å²) in [5.74, 6) is 0. The van der Waals surface area contributed by atoms with E-state index in [1.807, 2.05) is 5.51 Å². The van der Waals surface area contributed by atoms with Gasteiger partial charge in [0, 0.05) is 25.1 Å². The van der Waals surface area contributed by atoms with Crippen LogP contribution in [0.4, 0.5) is 0 Å². The van der Waals surface area contributed by atoms with Crippen molar-refractivity contribution in [2.24, 2.45) is 0 Å². The van der Waals surface area contributed by atoms with Gasteiger partial charge in [0.05, 0.1) is 17.3 Å². The molecule has 0 fully saturated rings. The first-order valence-corrected chi connectivity index (χ1v) is 5.31. The van der Waals surface area contributed by atoms with Crippen LogP contribution in [0.5, 0.6) is 0 Å². The molecule has 3 nitrogen and oxygen atoms in total. The minimum Gasteiger partial charge on any atom is -0.380 e. The number of methoxy groups -OCH3 is 1. The van der Waals surface area contributed by atoms with Crippen molar-refractivity contribution in [3.8, 4) is 0 Å². The molecule has 0 aliphatic carbocycles. The summed E-state index contributed by atoms with van der Waals surface area (Å²) in [7, 11) is 1.73. The summed E-state index contributed by atoms with van der Waals surface area (Å²) >= 11 is 1.62. The van der Waals surface area contributed by atoms with Crippen molar-refractivity contribution >= 4 is 11.3 Å². The summed E-state index contributed by atoms with van der Waals surface area (Å²) in [6, 6.07) is 0.353. The van der Waals surface area contributed by atoms with Crippen LogP contribution in [-0.4, -0.2) is 24.2 Å². The average molecular weight is 200 g/mol. The maximum atomic E-state index is 5.20. The highest BCUT2D eigenvalue weighted by Gasteiger charge is 2.09. The van der Waals surface area contributed by atoms with E-state index in [9.17, 15) is 0 Å². The molecule has 74 valence electrons. The number of hydrogen-bond donors (Lipinski definition) is 1. The van der Waals surface area contributed by atoms with Crippen LogP contribution in [0.25, 0.3) is 0 Å². The second-order valence-corrected chi connectivity index (χ2v) is 3.81. The highest BCUT2D eigenvalue weighted by atomic mass is 32.1. The van der Waals surface area contributed by atoms with Gasteiger partial charge in [0.1, 0.15) is 0 Å². The zero-order valence-electron chi connectivity index (χ0n) is 8.28. The highest BCUT2D eigenvalue weighted by molar-refractivity contribution is 7.07. The van der Waals surface area contributed by atoms with Crippen molar-refractivity contribution in [2.45, 2.75) is 32.5 Å². The van der Waals surface area contributed by atoms with Gasteiger partial charge in [0.15, 0.2) is 0 Å². The van der Waals surface area contributed by atoms with Crippen LogP contribution >= 0.6 is 11.3 Å². The number of nitrogens with one attached hydrogen (secondary N) is 1. The average Bonchev–Trinajstić information content (AvgIpc) is 2.65. The zero-order valence-corrected chi connectivity index (χ0v) is 9.10. The Labute approximate surface area is 83.1 Å². The van der Waals surface area contributed by atoms with Crippen LogP contribution in [-0.2, 0) is 11.3 Å². The van der Waals surface area contributed by atoms with Gasteiger partial charge in [0.25, 0.3) is 0 Å². The Kier molecular flexibility index (Phi) is 4.35. The smallest absolute Gasteiger partial charge is 0.0795 e. The fraction of sp³-hybridized carbons (Fsp3) is 0.667. The Balaban J connectivity index is 2.26. The summed E-state index contributed by atoms with van der Waals surface area (Å²) in [5, 5.41) is 5.41. The van der Waals surface area contributed by atoms with Gasteiger partial charge in [-0.3, -0.25) is 0 Å². The lowest BCUT2D eigenvalue weighted by molar-refractivity contribution is 0.0881. The third-order valence-corrected chi connectivity index (χ3v) is 2.80. The summed E-state index contributed by atoms with van der Waals surface area (Å²) in [5.41, 5.74) is 2.95. The topological polar surface area (TPSA) is 34.1 Å². The molecule has 1 N–H and O–H groups in total. The van der Waals surface area contributed by atoms with E-state index in [2.05, 4.69) is 29.5 Å².